The molecule has 0 aliphatic rings. The average molecular weight is 276 g/mol. The van der Waals surface area contributed by atoms with Gasteiger partial charge in [0.2, 0.25) is 0 Å². The van der Waals surface area contributed by atoms with E-state index in [1.54, 1.807) is 12.4 Å². The maximum absolute atomic E-state index is 12.0. The molecule has 0 atom stereocenters. The molecule has 1 aromatic carbocycles. The van der Waals surface area contributed by atoms with Gasteiger partial charge in [0.1, 0.15) is 6.33 Å². The van der Waals surface area contributed by atoms with Crippen LogP contribution in [0, 0.1) is 0 Å². The third-order valence-electron chi connectivity index (χ3n) is 2.96. The highest BCUT2D eigenvalue weighted by Crippen LogP contribution is 2.20. The number of aromatic nitrogens is 3. The lowest BCUT2D eigenvalue weighted by atomic mass is 10.1. The first kappa shape index (κ1) is 12.9. The lowest BCUT2D eigenvalue weighted by Gasteiger charge is -2.06. The van der Waals surface area contributed by atoms with E-state index >= 15 is 0 Å². The third-order valence-corrected chi connectivity index (χ3v) is 2.96. The second-order valence-electron chi connectivity index (χ2n) is 4.40. The van der Waals surface area contributed by atoms with E-state index in [9.17, 15) is 4.79 Å². The van der Waals surface area contributed by atoms with Crippen molar-refractivity contribution in [1.82, 2.24) is 15.0 Å². The third kappa shape index (κ3) is 3.09. The molecule has 5 heteroatoms. The van der Waals surface area contributed by atoms with Crippen molar-refractivity contribution in [3.05, 3.63) is 73.1 Å². The van der Waals surface area contributed by atoms with Crippen LogP contribution < -0.4 is 5.32 Å². The maximum Gasteiger partial charge on any atom is 0.258 e. The van der Waals surface area contributed by atoms with Crippen molar-refractivity contribution in [1.29, 1.82) is 0 Å². The van der Waals surface area contributed by atoms with Crippen molar-refractivity contribution in [3.8, 4) is 11.1 Å². The quantitative estimate of drug-likeness (QED) is 0.798. The molecule has 0 spiro atoms. The molecule has 2 aromatic heterocycles. The Balaban J connectivity index is 1.75. The molecule has 3 rings (SSSR count). The number of benzene rings is 1. The predicted molar refractivity (Wildman–Crippen MR) is 79.7 cm³/mol. The van der Waals surface area contributed by atoms with Crippen LogP contribution in [0.1, 0.15) is 10.4 Å². The standard InChI is InChI=1S/C16H12N4O/c21-16(14-9-18-11-19-10-14)20-15-5-3-12(4-6-15)13-2-1-7-17-8-13/h1-11H,(H,20,21). The molecule has 0 saturated heterocycles. The lowest BCUT2D eigenvalue weighted by molar-refractivity contribution is 0.102. The largest absolute Gasteiger partial charge is 0.322 e. The van der Waals surface area contributed by atoms with Crippen LogP contribution in [-0.2, 0) is 0 Å². The van der Waals surface area contributed by atoms with Crippen molar-refractivity contribution < 1.29 is 4.79 Å². The van der Waals surface area contributed by atoms with Gasteiger partial charge in [-0.15, -0.1) is 0 Å². The van der Waals surface area contributed by atoms with Crippen LogP contribution in [0.2, 0.25) is 0 Å². The van der Waals surface area contributed by atoms with Crippen molar-refractivity contribution in [2.75, 3.05) is 5.32 Å². The summed E-state index contributed by atoms with van der Waals surface area (Å²) in [4.78, 5) is 23.7. The molecule has 5 nitrogen and oxygen atoms in total. The second kappa shape index (κ2) is 5.92. The summed E-state index contributed by atoms with van der Waals surface area (Å²) in [7, 11) is 0. The maximum atomic E-state index is 12.0. The van der Waals surface area contributed by atoms with Crippen molar-refractivity contribution >= 4 is 11.6 Å². The van der Waals surface area contributed by atoms with Gasteiger partial charge in [-0.3, -0.25) is 9.78 Å². The zero-order valence-corrected chi connectivity index (χ0v) is 11.1. The number of pyridine rings is 1. The van der Waals surface area contributed by atoms with Crippen LogP contribution in [-0.4, -0.2) is 20.9 Å². The molecule has 21 heavy (non-hydrogen) atoms. The van der Waals surface area contributed by atoms with Crippen molar-refractivity contribution in [2.45, 2.75) is 0 Å². The molecule has 0 aliphatic carbocycles. The van der Waals surface area contributed by atoms with E-state index in [1.807, 2.05) is 36.4 Å². The van der Waals surface area contributed by atoms with Gasteiger partial charge >= 0.3 is 0 Å². The Morgan fingerprint density at radius 2 is 1.62 bits per heavy atom. The summed E-state index contributed by atoms with van der Waals surface area (Å²) >= 11 is 0. The summed E-state index contributed by atoms with van der Waals surface area (Å²) in [5.41, 5.74) is 3.22. The molecule has 0 fully saturated rings. The molecule has 0 saturated carbocycles. The molecule has 0 unspecified atom stereocenters. The Morgan fingerprint density at radius 3 is 2.29 bits per heavy atom. The Kier molecular flexibility index (Phi) is 3.64. The van der Waals surface area contributed by atoms with Gasteiger partial charge in [-0.1, -0.05) is 18.2 Å². The Bertz CT molecular complexity index is 727. The highest BCUT2D eigenvalue weighted by Gasteiger charge is 2.06. The van der Waals surface area contributed by atoms with E-state index in [0.717, 1.165) is 16.8 Å². The van der Waals surface area contributed by atoms with Crippen LogP contribution in [0.3, 0.4) is 0 Å². The van der Waals surface area contributed by atoms with E-state index in [2.05, 4.69) is 20.3 Å². The Labute approximate surface area is 121 Å². The van der Waals surface area contributed by atoms with Crippen molar-refractivity contribution in [2.24, 2.45) is 0 Å². The minimum Gasteiger partial charge on any atom is -0.322 e. The smallest absolute Gasteiger partial charge is 0.258 e. The number of nitrogens with zero attached hydrogens (tertiary/aromatic N) is 3. The van der Waals surface area contributed by atoms with Gasteiger partial charge in [-0.05, 0) is 29.3 Å². The number of hydrogen-bond donors (Lipinski definition) is 1. The van der Waals surface area contributed by atoms with Gasteiger partial charge in [0, 0.05) is 30.5 Å². The molecular formula is C16H12N4O. The van der Waals surface area contributed by atoms with Crippen LogP contribution in [0.4, 0.5) is 5.69 Å². The SMILES string of the molecule is O=C(Nc1ccc(-c2cccnc2)cc1)c1cncnc1. The highest BCUT2D eigenvalue weighted by molar-refractivity contribution is 6.03. The van der Waals surface area contributed by atoms with E-state index < -0.39 is 0 Å². The lowest BCUT2D eigenvalue weighted by Crippen LogP contribution is -2.12. The monoisotopic (exact) mass is 276 g/mol. The second-order valence-corrected chi connectivity index (χ2v) is 4.40. The summed E-state index contributed by atoms with van der Waals surface area (Å²) in [5, 5.41) is 2.80. The number of nitrogens with one attached hydrogen (secondary N) is 1. The van der Waals surface area contributed by atoms with E-state index in [1.165, 1.54) is 18.7 Å². The minimum absolute atomic E-state index is 0.232. The first-order chi connectivity index (χ1) is 10.3. The fourth-order valence-corrected chi connectivity index (χ4v) is 1.90. The number of hydrogen-bond acceptors (Lipinski definition) is 4. The van der Waals surface area contributed by atoms with Crippen LogP contribution in [0.15, 0.2) is 67.5 Å². The topological polar surface area (TPSA) is 67.8 Å². The molecule has 2 heterocycles. The molecule has 0 aliphatic heterocycles. The van der Waals surface area contributed by atoms with Crippen LogP contribution in [0.5, 0.6) is 0 Å². The van der Waals surface area contributed by atoms with Gasteiger partial charge < -0.3 is 5.32 Å². The first-order valence-corrected chi connectivity index (χ1v) is 6.40. The van der Waals surface area contributed by atoms with E-state index in [-0.39, 0.29) is 5.91 Å². The van der Waals surface area contributed by atoms with Crippen LogP contribution in [0.25, 0.3) is 11.1 Å². The molecular weight excluding hydrogens is 264 g/mol. The average Bonchev–Trinajstić information content (AvgIpc) is 2.57. The van der Waals surface area contributed by atoms with Gasteiger partial charge in [0.15, 0.2) is 0 Å². The Hall–Kier alpha value is -3.08. The molecule has 0 radical (unpaired) electrons. The Morgan fingerprint density at radius 1 is 0.857 bits per heavy atom. The van der Waals surface area contributed by atoms with Crippen LogP contribution >= 0.6 is 0 Å². The summed E-state index contributed by atoms with van der Waals surface area (Å²) in [6, 6.07) is 11.5. The van der Waals surface area contributed by atoms with Gasteiger partial charge in [-0.25, -0.2) is 9.97 Å². The number of carbonyl (C=O) groups is 1. The van der Waals surface area contributed by atoms with Gasteiger partial charge in [0.05, 0.1) is 5.56 Å². The summed E-state index contributed by atoms with van der Waals surface area (Å²) in [6.45, 7) is 0. The highest BCUT2D eigenvalue weighted by atomic mass is 16.1. The number of anilines is 1. The number of carbonyl (C=O) groups excluding carboxylic acids is 1. The zero-order valence-electron chi connectivity index (χ0n) is 11.1. The van der Waals surface area contributed by atoms with Gasteiger partial charge in [0.25, 0.3) is 5.91 Å². The molecule has 3 aromatic rings. The molecule has 1 N–H and O–H groups in total. The number of rotatable bonds is 3. The predicted octanol–water partition coefficient (Wildman–Crippen LogP) is 2.79. The summed E-state index contributed by atoms with van der Waals surface area (Å²) in [6.07, 6.45) is 7.88. The minimum atomic E-state index is -0.232. The normalized spacial score (nSPS) is 10.1. The summed E-state index contributed by atoms with van der Waals surface area (Å²) < 4.78 is 0. The first-order valence-electron chi connectivity index (χ1n) is 6.40. The van der Waals surface area contributed by atoms with E-state index in [0.29, 0.717) is 5.56 Å². The number of amides is 1. The fraction of sp³-hybridized carbons (Fsp3) is 0. The van der Waals surface area contributed by atoms with E-state index in [4.69, 9.17) is 0 Å². The zero-order chi connectivity index (χ0) is 14.5. The fourth-order valence-electron chi connectivity index (χ4n) is 1.90. The van der Waals surface area contributed by atoms with Crippen molar-refractivity contribution in [3.63, 3.8) is 0 Å². The van der Waals surface area contributed by atoms with Gasteiger partial charge in [-0.2, -0.15) is 0 Å². The molecule has 102 valence electrons. The summed E-state index contributed by atoms with van der Waals surface area (Å²) in [5.74, 6) is -0.232. The molecule has 1 amide bonds. The molecule has 0 bridgehead atoms.